The molecule has 2 N–H and O–H groups in total. The van der Waals surface area contributed by atoms with Crippen molar-refractivity contribution in [1.82, 2.24) is 5.32 Å². The summed E-state index contributed by atoms with van der Waals surface area (Å²) in [5, 5.41) is 12.1. The average molecular weight is 318 g/mol. The Morgan fingerprint density at radius 3 is 2.60 bits per heavy atom. The molecule has 0 aliphatic rings. The monoisotopic (exact) mass is 317 g/mol. The van der Waals surface area contributed by atoms with Gasteiger partial charge in [0.1, 0.15) is 6.04 Å². The third-order valence-electron chi connectivity index (χ3n) is 2.43. The second-order valence-electron chi connectivity index (χ2n) is 3.98. The van der Waals surface area contributed by atoms with Gasteiger partial charge >= 0.3 is 5.97 Å². The maximum atomic E-state index is 11.7. The van der Waals surface area contributed by atoms with Gasteiger partial charge in [-0.15, -0.1) is 11.8 Å². The molecule has 0 aliphatic heterocycles. The van der Waals surface area contributed by atoms with Crippen molar-refractivity contribution < 1.29 is 19.4 Å². The van der Waals surface area contributed by atoms with E-state index in [9.17, 15) is 9.59 Å². The smallest absolute Gasteiger partial charge is 0.326 e. The minimum Gasteiger partial charge on any atom is -0.480 e. The van der Waals surface area contributed by atoms with Crippen molar-refractivity contribution >= 4 is 35.2 Å². The predicted octanol–water partition coefficient (Wildman–Crippen LogP) is 2.04. The summed E-state index contributed by atoms with van der Waals surface area (Å²) >= 11 is 7.08. The lowest BCUT2D eigenvalue weighted by Gasteiger charge is -2.13. The van der Waals surface area contributed by atoms with Gasteiger partial charge in [-0.2, -0.15) is 0 Å². The number of amides is 1. The standard InChI is InChI=1S/C13H16ClNO4S/c1-19-7-6-11(13(17)18)15-12(16)8-20-10-4-2-9(14)3-5-10/h2-5,11H,6-8H2,1H3,(H,15,16)(H,17,18). The van der Waals surface area contributed by atoms with Crippen LogP contribution in [0.1, 0.15) is 6.42 Å². The molecular weight excluding hydrogens is 302 g/mol. The van der Waals surface area contributed by atoms with Gasteiger partial charge in [0.05, 0.1) is 5.75 Å². The summed E-state index contributed by atoms with van der Waals surface area (Å²) in [4.78, 5) is 23.6. The van der Waals surface area contributed by atoms with Gasteiger partial charge in [0.15, 0.2) is 0 Å². The zero-order valence-electron chi connectivity index (χ0n) is 11.0. The number of carbonyl (C=O) groups excluding carboxylic acids is 1. The first-order valence-corrected chi connectivity index (χ1v) is 7.28. The van der Waals surface area contributed by atoms with E-state index >= 15 is 0 Å². The van der Waals surface area contributed by atoms with E-state index in [0.717, 1.165) is 4.90 Å². The molecular formula is C13H16ClNO4S. The summed E-state index contributed by atoms with van der Waals surface area (Å²) < 4.78 is 4.81. The van der Waals surface area contributed by atoms with Crippen LogP contribution in [0.3, 0.4) is 0 Å². The number of halogens is 1. The molecule has 1 aromatic rings. The maximum Gasteiger partial charge on any atom is 0.326 e. The number of aliphatic carboxylic acids is 1. The van der Waals surface area contributed by atoms with E-state index < -0.39 is 12.0 Å². The number of carboxylic acid groups (broad SMARTS) is 1. The Morgan fingerprint density at radius 1 is 1.40 bits per heavy atom. The Morgan fingerprint density at radius 2 is 2.05 bits per heavy atom. The molecule has 1 rings (SSSR count). The topological polar surface area (TPSA) is 75.6 Å². The van der Waals surface area contributed by atoms with Gasteiger partial charge < -0.3 is 15.2 Å². The molecule has 0 aromatic heterocycles. The van der Waals surface area contributed by atoms with E-state index in [0.29, 0.717) is 5.02 Å². The number of ether oxygens (including phenoxy) is 1. The highest BCUT2D eigenvalue weighted by molar-refractivity contribution is 8.00. The molecule has 20 heavy (non-hydrogen) atoms. The molecule has 1 amide bonds. The summed E-state index contributed by atoms with van der Waals surface area (Å²) in [6.45, 7) is 0.279. The van der Waals surface area contributed by atoms with Crippen molar-refractivity contribution in [3.05, 3.63) is 29.3 Å². The molecule has 110 valence electrons. The van der Waals surface area contributed by atoms with Crippen molar-refractivity contribution in [2.24, 2.45) is 0 Å². The third-order valence-corrected chi connectivity index (χ3v) is 3.69. The maximum absolute atomic E-state index is 11.7. The lowest BCUT2D eigenvalue weighted by molar-refractivity contribution is -0.142. The van der Waals surface area contributed by atoms with Gasteiger partial charge in [0.2, 0.25) is 5.91 Å². The number of rotatable bonds is 8. The van der Waals surface area contributed by atoms with Crippen LogP contribution in [0, 0.1) is 0 Å². The molecule has 1 unspecified atom stereocenters. The highest BCUT2D eigenvalue weighted by Gasteiger charge is 2.19. The second-order valence-corrected chi connectivity index (χ2v) is 5.47. The number of nitrogens with one attached hydrogen (secondary N) is 1. The molecule has 7 heteroatoms. The number of benzene rings is 1. The average Bonchev–Trinajstić information content (AvgIpc) is 2.42. The molecule has 0 aliphatic carbocycles. The molecule has 0 spiro atoms. The van der Waals surface area contributed by atoms with Crippen LogP contribution in [0.5, 0.6) is 0 Å². The zero-order chi connectivity index (χ0) is 15.0. The lowest BCUT2D eigenvalue weighted by Crippen LogP contribution is -2.42. The van der Waals surface area contributed by atoms with Crippen LogP contribution < -0.4 is 5.32 Å². The first-order valence-electron chi connectivity index (χ1n) is 5.92. The molecule has 0 bridgehead atoms. The minimum atomic E-state index is -1.06. The van der Waals surface area contributed by atoms with Gasteiger partial charge in [-0.25, -0.2) is 4.79 Å². The highest BCUT2D eigenvalue weighted by Crippen LogP contribution is 2.19. The van der Waals surface area contributed by atoms with Crippen LogP contribution in [-0.4, -0.2) is 42.5 Å². The first-order chi connectivity index (χ1) is 9.52. The molecule has 5 nitrogen and oxygen atoms in total. The van der Waals surface area contributed by atoms with Crippen LogP contribution in [0.25, 0.3) is 0 Å². The van der Waals surface area contributed by atoms with Crippen molar-refractivity contribution in [2.75, 3.05) is 19.5 Å². The summed E-state index contributed by atoms with van der Waals surface area (Å²) in [5.74, 6) is -1.24. The van der Waals surface area contributed by atoms with Gasteiger partial charge in [-0.3, -0.25) is 4.79 Å². The van der Waals surface area contributed by atoms with E-state index in [-0.39, 0.29) is 24.7 Å². The Bertz CT molecular complexity index is 452. The fraction of sp³-hybridized carbons (Fsp3) is 0.385. The van der Waals surface area contributed by atoms with E-state index in [1.807, 2.05) is 0 Å². The minimum absolute atomic E-state index is 0.151. The van der Waals surface area contributed by atoms with Crippen LogP contribution in [-0.2, 0) is 14.3 Å². The van der Waals surface area contributed by atoms with E-state index in [1.165, 1.54) is 18.9 Å². The van der Waals surface area contributed by atoms with Crippen LogP contribution in [0.2, 0.25) is 5.02 Å². The quantitative estimate of drug-likeness (QED) is 0.718. The SMILES string of the molecule is COCCC(NC(=O)CSc1ccc(Cl)cc1)C(=O)O. The van der Waals surface area contributed by atoms with E-state index in [2.05, 4.69) is 5.32 Å². The number of carbonyl (C=O) groups is 2. The van der Waals surface area contributed by atoms with Crippen LogP contribution >= 0.6 is 23.4 Å². The third kappa shape index (κ3) is 6.27. The molecule has 0 saturated heterocycles. The first kappa shape index (κ1) is 16.8. The van der Waals surface area contributed by atoms with Crippen molar-refractivity contribution in [2.45, 2.75) is 17.4 Å². The Labute approximate surface area is 126 Å². The Balaban J connectivity index is 2.41. The molecule has 0 saturated carbocycles. The Hall–Kier alpha value is -1.24. The normalized spacial score (nSPS) is 11.9. The second kappa shape index (κ2) is 8.84. The molecule has 1 aromatic carbocycles. The van der Waals surface area contributed by atoms with E-state index in [1.54, 1.807) is 24.3 Å². The predicted molar refractivity (Wildman–Crippen MR) is 78.2 cm³/mol. The van der Waals surface area contributed by atoms with Gasteiger partial charge in [0.25, 0.3) is 0 Å². The zero-order valence-corrected chi connectivity index (χ0v) is 12.5. The lowest BCUT2D eigenvalue weighted by atomic mass is 10.2. The van der Waals surface area contributed by atoms with E-state index in [4.69, 9.17) is 21.4 Å². The fourth-order valence-electron chi connectivity index (χ4n) is 1.41. The van der Waals surface area contributed by atoms with Crippen molar-refractivity contribution in [3.8, 4) is 0 Å². The molecule has 1 atom stereocenters. The van der Waals surface area contributed by atoms with Gasteiger partial charge in [0, 0.05) is 30.1 Å². The van der Waals surface area contributed by atoms with Crippen molar-refractivity contribution in [1.29, 1.82) is 0 Å². The number of hydrogen-bond donors (Lipinski definition) is 2. The number of thioether (sulfide) groups is 1. The largest absolute Gasteiger partial charge is 0.480 e. The summed E-state index contributed by atoms with van der Waals surface area (Å²) in [5.41, 5.74) is 0. The number of methoxy groups -OCH3 is 1. The number of hydrogen-bond acceptors (Lipinski definition) is 4. The molecule has 0 fully saturated rings. The molecule has 0 radical (unpaired) electrons. The number of carboxylic acids is 1. The fourth-order valence-corrected chi connectivity index (χ4v) is 2.24. The van der Waals surface area contributed by atoms with Crippen LogP contribution in [0.15, 0.2) is 29.2 Å². The summed E-state index contributed by atoms with van der Waals surface area (Å²) in [6, 6.07) is 6.16. The van der Waals surface area contributed by atoms with Gasteiger partial charge in [-0.05, 0) is 24.3 Å². The molecule has 0 heterocycles. The Kier molecular flexibility index (Phi) is 7.43. The van der Waals surface area contributed by atoms with Gasteiger partial charge in [-0.1, -0.05) is 11.6 Å². The highest BCUT2D eigenvalue weighted by atomic mass is 35.5. The van der Waals surface area contributed by atoms with Crippen molar-refractivity contribution in [3.63, 3.8) is 0 Å². The van der Waals surface area contributed by atoms with Crippen LogP contribution in [0.4, 0.5) is 0 Å². The summed E-state index contributed by atoms with van der Waals surface area (Å²) in [6.07, 6.45) is 0.239. The summed E-state index contributed by atoms with van der Waals surface area (Å²) in [7, 11) is 1.48.